The SMILES string of the molecule is CC(C)c1cccc(N2CCN(C)CC2)c1. The van der Waals surface area contributed by atoms with Crippen molar-refractivity contribution in [2.24, 2.45) is 0 Å². The summed E-state index contributed by atoms with van der Waals surface area (Å²) in [5, 5.41) is 0. The molecule has 0 N–H and O–H groups in total. The molecular weight excluding hydrogens is 196 g/mol. The third kappa shape index (κ3) is 2.56. The molecular formula is C14H22N2. The molecule has 0 saturated carbocycles. The van der Waals surface area contributed by atoms with Crippen LogP contribution in [0.15, 0.2) is 24.3 Å². The normalized spacial score (nSPS) is 18.1. The Kier molecular flexibility index (Phi) is 3.49. The van der Waals surface area contributed by atoms with Crippen molar-refractivity contribution in [2.45, 2.75) is 19.8 Å². The van der Waals surface area contributed by atoms with E-state index in [2.05, 4.69) is 55.0 Å². The fraction of sp³-hybridized carbons (Fsp3) is 0.571. The summed E-state index contributed by atoms with van der Waals surface area (Å²) in [7, 11) is 2.20. The molecule has 0 bridgehead atoms. The number of hydrogen-bond donors (Lipinski definition) is 0. The second-order valence-corrected chi connectivity index (χ2v) is 5.04. The first-order valence-electron chi connectivity index (χ1n) is 6.20. The summed E-state index contributed by atoms with van der Waals surface area (Å²) in [6.45, 7) is 9.15. The minimum Gasteiger partial charge on any atom is -0.369 e. The summed E-state index contributed by atoms with van der Waals surface area (Å²) in [5.41, 5.74) is 2.83. The molecule has 2 heteroatoms. The van der Waals surface area contributed by atoms with E-state index in [9.17, 15) is 0 Å². The molecule has 1 aliphatic heterocycles. The van der Waals surface area contributed by atoms with E-state index < -0.39 is 0 Å². The highest BCUT2D eigenvalue weighted by Gasteiger charge is 2.14. The van der Waals surface area contributed by atoms with Crippen LogP contribution in [0.25, 0.3) is 0 Å². The first-order chi connectivity index (χ1) is 7.66. The van der Waals surface area contributed by atoms with E-state index in [-0.39, 0.29) is 0 Å². The molecule has 2 nitrogen and oxygen atoms in total. The quantitative estimate of drug-likeness (QED) is 0.753. The van der Waals surface area contributed by atoms with E-state index in [4.69, 9.17) is 0 Å². The Bertz CT molecular complexity index is 338. The zero-order valence-electron chi connectivity index (χ0n) is 10.6. The number of rotatable bonds is 2. The molecule has 1 aromatic rings. The molecule has 1 aromatic carbocycles. The zero-order valence-corrected chi connectivity index (χ0v) is 10.6. The van der Waals surface area contributed by atoms with Gasteiger partial charge in [-0.15, -0.1) is 0 Å². The lowest BCUT2D eigenvalue weighted by Gasteiger charge is -2.34. The lowest BCUT2D eigenvalue weighted by Crippen LogP contribution is -2.44. The molecule has 0 unspecified atom stereocenters. The van der Waals surface area contributed by atoms with Crippen molar-refractivity contribution in [3.8, 4) is 0 Å². The van der Waals surface area contributed by atoms with Crippen molar-refractivity contribution in [1.29, 1.82) is 0 Å². The fourth-order valence-electron chi connectivity index (χ4n) is 2.15. The van der Waals surface area contributed by atoms with Crippen LogP contribution in [0.1, 0.15) is 25.3 Å². The topological polar surface area (TPSA) is 6.48 Å². The maximum atomic E-state index is 2.49. The Morgan fingerprint density at radius 3 is 2.38 bits per heavy atom. The van der Waals surface area contributed by atoms with Gasteiger partial charge >= 0.3 is 0 Å². The Morgan fingerprint density at radius 2 is 1.75 bits per heavy atom. The molecule has 0 atom stereocenters. The first kappa shape index (κ1) is 11.5. The van der Waals surface area contributed by atoms with Crippen molar-refractivity contribution < 1.29 is 0 Å². The Morgan fingerprint density at radius 1 is 1.06 bits per heavy atom. The molecule has 0 radical (unpaired) electrons. The van der Waals surface area contributed by atoms with Gasteiger partial charge in [-0.25, -0.2) is 0 Å². The van der Waals surface area contributed by atoms with Crippen LogP contribution in [0.5, 0.6) is 0 Å². The second-order valence-electron chi connectivity index (χ2n) is 5.04. The summed E-state index contributed by atoms with van der Waals surface area (Å²) < 4.78 is 0. The van der Waals surface area contributed by atoms with E-state index in [1.807, 2.05) is 0 Å². The highest BCUT2D eigenvalue weighted by molar-refractivity contribution is 5.49. The smallest absolute Gasteiger partial charge is 0.0369 e. The zero-order chi connectivity index (χ0) is 11.5. The minimum atomic E-state index is 0.618. The van der Waals surface area contributed by atoms with Gasteiger partial charge in [-0.2, -0.15) is 0 Å². The number of piperazine rings is 1. The van der Waals surface area contributed by atoms with Crippen molar-refractivity contribution in [1.82, 2.24) is 4.90 Å². The number of likely N-dealkylation sites (N-methyl/N-ethyl adjacent to an activating group) is 1. The number of anilines is 1. The largest absolute Gasteiger partial charge is 0.369 e. The van der Waals surface area contributed by atoms with Crippen molar-refractivity contribution in [2.75, 3.05) is 38.1 Å². The van der Waals surface area contributed by atoms with Crippen LogP contribution in [0, 0.1) is 0 Å². The molecule has 1 fully saturated rings. The van der Waals surface area contributed by atoms with E-state index in [0.717, 1.165) is 13.1 Å². The Balaban J connectivity index is 2.11. The molecule has 0 amide bonds. The molecule has 2 rings (SSSR count). The molecule has 16 heavy (non-hydrogen) atoms. The average molecular weight is 218 g/mol. The van der Waals surface area contributed by atoms with Gasteiger partial charge in [0, 0.05) is 31.9 Å². The van der Waals surface area contributed by atoms with Gasteiger partial charge < -0.3 is 9.80 Å². The highest BCUT2D eigenvalue weighted by Crippen LogP contribution is 2.22. The van der Waals surface area contributed by atoms with Gasteiger partial charge in [-0.1, -0.05) is 26.0 Å². The van der Waals surface area contributed by atoms with Gasteiger partial charge in [-0.3, -0.25) is 0 Å². The first-order valence-corrected chi connectivity index (χ1v) is 6.20. The van der Waals surface area contributed by atoms with Crippen LogP contribution in [-0.4, -0.2) is 38.1 Å². The maximum Gasteiger partial charge on any atom is 0.0369 e. The van der Waals surface area contributed by atoms with Gasteiger partial charge in [0.1, 0.15) is 0 Å². The third-order valence-electron chi connectivity index (χ3n) is 3.41. The molecule has 0 spiro atoms. The van der Waals surface area contributed by atoms with E-state index in [1.165, 1.54) is 24.3 Å². The van der Waals surface area contributed by atoms with Crippen molar-refractivity contribution in [3.63, 3.8) is 0 Å². The summed E-state index contributed by atoms with van der Waals surface area (Å²) in [6, 6.07) is 8.99. The minimum absolute atomic E-state index is 0.618. The van der Waals surface area contributed by atoms with Gasteiger partial charge in [-0.05, 0) is 30.7 Å². The van der Waals surface area contributed by atoms with Gasteiger partial charge in [0.15, 0.2) is 0 Å². The van der Waals surface area contributed by atoms with Crippen LogP contribution < -0.4 is 4.90 Å². The van der Waals surface area contributed by atoms with Crippen molar-refractivity contribution >= 4 is 5.69 Å². The predicted octanol–water partition coefficient (Wildman–Crippen LogP) is 2.56. The summed E-state index contributed by atoms with van der Waals surface area (Å²) in [4.78, 5) is 4.88. The monoisotopic (exact) mass is 218 g/mol. The molecule has 0 aromatic heterocycles. The number of nitrogens with zero attached hydrogens (tertiary/aromatic N) is 2. The molecule has 0 aliphatic carbocycles. The van der Waals surface area contributed by atoms with Crippen LogP contribution in [0.3, 0.4) is 0 Å². The van der Waals surface area contributed by atoms with Gasteiger partial charge in [0.25, 0.3) is 0 Å². The van der Waals surface area contributed by atoms with E-state index >= 15 is 0 Å². The van der Waals surface area contributed by atoms with Crippen LogP contribution in [0.2, 0.25) is 0 Å². The molecule has 1 aliphatic rings. The van der Waals surface area contributed by atoms with Gasteiger partial charge in [0.05, 0.1) is 0 Å². The molecule has 88 valence electrons. The average Bonchev–Trinajstić information content (AvgIpc) is 2.30. The summed E-state index contributed by atoms with van der Waals surface area (Å²) >= 11 is 0. The number of benzene rings is 1. The summed E-state index contributed by atoms with van der Waals surface area (Å²) in [6.07, 6.45) is 0. The summed E-state index contributed by atoms with van der Waals surface area (Å²) in [5.74, 6) is 0.618. The molecule has 1 saturated heterocycles. The standard InChI is InChI=1S/C14H22N2/c1-12(2)13-5-4-6-14(11-13)16-9-7-15(3)8-10-16/h4-6,11-12H,7-10H2,1-3H3. The predicted molar refractivity (Wildman–Crippen MR) is 70.2 cm³/mol. The van der Waals surface area contributed by atoms with Gasteiger partial charge in [0.2, 0.25) is 0 Å². The lowest BCUT2D eigenvalue weighted by molar-refractivity contribution is 0.313. The van der Waals surface area contributed by atoms with Crippen LogP contribution in [-0.2, 0) is 0 Å². The third-order valence-corrected chi connectivity index (χ3v) is 3.41. The highest BCUT2D eigenvalue weighted by atomic mass is 15.2. The molecule has 1 heterocycles. The Hall–Kier alpha value is -1.02. The van der Waals surface area contributed by atoms with Crippen molar-refractivity contribution in [3.05, 3.63) is 29.8 Å². The lowest BCUT2D eigenvalue weighted by atomic mass is 10.0. The van der Waals surface area contributed by atoms with E-state index in [0.29, 0.717) is 5.92 Å². The second kappa shape index (κ2) is 4.88. The van der Waals surface area contributed by atoms with E-state index in [1.54, 1.807) is 0 Å². The Labute approximate surface area is 98.9 Å². The fourth-order valence-corrected chi connectivity index (χ4v) is 2.15. The number of hydrogen-bond acceptors (Lipinski definition) is 2. The maximum absolute atomic E-state index is 2.49. The van der Waals surface area contributed by atoms with Crippen LogP contribution >= 0.6 is 0 Å². The van der Waals surface area contributed by atoms with Crippen LogP contribution in [0.4, 0.5) is 5.69 Å².